The number of hydrogen-bond donors (Lipinski definition) is 1. The number of amides is 2. The molecule has 0 unspecified atom stereocenters. The monoisotopic (exact) mass is 428 g/mol. The Morgan fingerprint density at radius 1 is 1.10 bits per heavy atom. The van der Waals surface area contributed by atoms with Crippen LogP contribution in [0.3, 0.4) is 0 Å². The number of carbonyl (C=O) groups excluding carboxylic acids is 2. The minimum absolute atomic E-state index is 0.218. The largest absolute Gasteiger partial charge is 0.418 e. The van der Waals surface area contributed by atoms with Gasteiger partial charge in [-0.25, -0.2) is 0 Å². The second-order valence-electron chi connectivity index (χ2n) is 6.78. The number of nitrogens with zero attached hydrogens (tertiary/aromatic N) is 3. The summed E-state index contributed by atoms with van der Waals surface area (Å²) in [6.07, 6.45) is -0.0894. The maximum absolute atomic E-state index is 13.5. The first-order valence-corrected chi connectivity index (χ1v) is 9.26. The molecule has 2 aromatic heterocycles. The van der Waals surface area contributed by atoms with E-state index in [0.717, 1.165) is 16.5 Å². The van der Waals surface area contributed by atoms with Crippen molar-refractivity contribution in [1.82, 2.24) is 15.3 Å². The van der Waals surface area contributed by atoms with Gasteiger partial charge in [0.25, 0.3) is 5.91 Å². The molecule has 2 amide bonds. The first-order chi connectivity index (χ1) is 14.7. The Bertz CT molecular complexity index is 1080. The van der Waals surface area contributed by atoms with Gasteiger partial charge in [0.2, 0.25) is 5.91 Å². The average molecular weight is 428 g/mol. The third-order valence-electron chi connectivity index (χ3n) is 4.63. The van der Waals surface area contributed by atoms with Crippen LogP contribution in [-0.4, -0.2) is 28.8 Å². The third kappa shape index (κ3) is 5.25. The molecule has 0 atom stereocenters. The highest BCUT2D eigenvalue weighted by atomic mass is 19.4. The quantitative estimate of drug-likeness (QED) is 0.665. The molecule has 2 heterocycles. The van der Waals surface area contributed by atoms with Crippen LogP contribution < -0.4 is 10.2 Å². The lowest BCUT2D eigenvalue weighted by Gasteiger charge is -2.21. The first-order valence-electron chi connectivity index (χ1n) is 9.26. The maximum Gasteiger partial charge on any atom is 0.418 e. The van der Waals surface area contributed by atoms with Gasteiger partial charge in [0.1, 0.15) is 0 Å². The number of rotatable bonds is 5. The van der Waals surface area contributed by atoms with Gasteiger partial charge in [0.15, 0.2) is 0 Å². The van der Waals surface area contributed by atoms with E-state index in [2.05, 4.69) is 15.3 Å². The van der Waals surface area contributed by atoms with Crippen LogP contribution in [0.2, 0.25) is 0 Å². The molecule has 1 aromatic carbocycles. The number of carbonyl (C=O) groups is 2. The zero-order valence-corrected chi connectivity index (χ0v) is 16.8. The summed E-state index contributed by atoms with van der Waals surface area (Å²) in [5, 5.41) is 2.73. The molecule has 3 rings (SSSR count). The fourth-order valence-electron chi connectivity index (χ4n) is 2.87. The Labute approximate surface area is 176 Å². The molecule has 0 spiro atoms. The molecule has 0 radical (unpaired) electrons. The predicted molar refractivity (Wildman–Crippen MR) is 109 cm³/mol. The summed E-state index contributed by atoms with van der Waals surface area (Å²) in [5.41, 5.74) is 0.409. The summed E-state index contributed by atoms with van der Waals surface area (Å²) in [6.45, 7) is 1.47. The average Bonchev–Trinajstić information content (AvgIpc) is 2.76. The molecule has 0 bridgehead atoms. The number of nitrogens with one attached hydrogen (secondary N) is 1. The van der Waals surface area contributed by atoms with Crippen molar-refractivity contribution in [2.45, 2.75) is 19.6 Å². The van der Waals surface area contributed by atoms with Crippen LogP contribution in [0.1, 0.15) is 28.4 Å². The number of halogens is 3. The predicted octanol–water partition coefficient (Wildman–Crippen LogP) is 4.08. The van der Waals surface area contributed by atoms with Gasteiger partial charge in [-0.15, -0.1) is 0 Å². The summed E-state index contributed by atoms with van der Waals surface area (Å²) in [4.78, 5) is 32.8. The molecule has 0 saturated heterocycles. The Hall–Kier alpha value is -3.75. The van der Waals surface area contributed by atoms with Crippen molar-refractivity contribution in [1.29, 1.82) is 0 Å². The minimum atomic E-state index is -4.65. The van der Waals surface area contributed by atoms with Gasteiger partial charge >= 0.3 is 6.18 Å². The van der Waals surface area contributed by atoms with Crippen molar-refractivity contribution >= 4 is 17.5 Å². The maximum atomic E-state index is 13.5. The minimum Gasteiger partial charge on any atom is -0.348 e. The topological polar surface area (TPSA) is 75.2 Å². The summed E-state index contributed by atoms with van der Waals surface area (Å²) >= 11 is 0. The summed E-state index contributed by atoms with van der Waals surface area (Å²) in [6, 6.07) is 10.2. The molecule has 31 heavy (non-hydrogen) atoms. The molecular formula is C22H19F3N4O2. The molecule has 6 nitrogen and oxygen atoms in total. The van der Waals surface area contributed by atoms with Crippen molar-refractivity contribution in [3.05, 3.63) is 77.7 Å². The number of anilines is 1. The van der Waals surface area contributed by atoms with Gasteiger partial charge < -0.3 is 10.2 Å². The first kappa shape index (κ1) is 21.9. The molecule has 0 aliphatic carbocycles. The van der Waals surface area contributed by atoms with Gasteiger partial charge in [-0.3, -0.25) is 19.6 Å². The lowest BCUT2D eigenvalue weighted by Crippen LogP contribution is -2.26. The summed E-state index contributed by atoms with van der Waals surface area (Å²) in [7, 11) is 1.28. The fraction of sp³-hybridized carbons (Fsp3) is 0.182. The van der Waals surface area contributed by atoms with Crippen molar-refractivity contribution in [3.8, 4) is 11.3 Å². The fourth-order valence-corrected chi connectivity index (χ4v) is 2.87. The standard InChI is InChI=1S/C22H19F3N4O2/c1-14(30)29(2)20-8-6-16(10-18(20)22(23,24)25)19-7-5-17(13-27-19)21(31)28-12-15-4-3-9-26-11-15/h3-11,13H,12H2,1-2H3,(H,28,31). The van der Waals surface area contributed by atoms with Gasteiger partial charge in [-0.1, -0.05) is 12.1 Å². The highest BCUT2D eigenvalue weighted by Crippen LogP contribution is 2.38. The molecule has 0 aliphatic heterocycles. The van der Waals surface area contributed by atoms with Gasteiger partial charge in [-0.2, -0.15) is 13.2 Å². The lowest BCUT2D eigenvalue weighted by molar-refractivity contribution is -0.137. The van der Waals surface area contributed by atoms with Crippen LogP contribution in [0.15, 0.2) is 61.1 Å². The number of pyridine rings is 2. The Morgan fingerprint density at radius 3 is 2.45 bits per heavy atom. The van der Waals surface area contributed by atoms with E-state index in [1.54, 1.807) is 18.5 Å². The third-order valence-corrected chi connectivity index (χ3v) is 4.63. The highest BCUT2D eigenvalue weighted by molar-refractivity contribution is 5.94. The van der Waals surface area contributed by atoms with Crippen LogP contribution in [0.25, 0.3) is 11.3 Å². The van der Waals surface area contributed by atoms with E-state index >= 15 is 0 Å². The van der Waals surface area contributed by atoms with Crippen molar-refractivity contribution in [3.63, 3.8) is 0 Å². The number of benzene rings is 1. The lowest BCUT2D eigenvalue weighted by atomic mass is 10.0. The van der Waals surface area contributed by atoms with E-state index in [1.165, 1.54) is 44.4 Å². The van der Waals surface area contributed by atoms with Crippen LogP contribution >= 0.6 is 0 Å². The van der Waals surface area contributed by atoms with Crippen molar-refractivity contribution < 1.29 is 22.8 Å². The van der Waals surface area contributed by atoms with Crippen LogP contribution in [0.4, 0.5) is 18.9 Å². The van der Waals surface area contributed by atoms with E-state index in [1.807, 2.05) is 6.07 Å². The Balaban J connectivity index is 1.81. The van der Waals surface area contributed by atoms with Crippen molar-refractivity contribution in [2.24, 2.45) is 0 Å². The zero-order valence-electron chi connectivity index (χ0n) is 16.8. The van der Waals surface area contributed by atoms with Gasteiger partial charge in [0, 0.05) is 44.7 Å². The summed E-state index contributed by atoms with van der Waals surface area (Å²) in [5.74, 6) is -0.879. The SMILES string of the molecule is CC(=O)N(C)c1ccc(-c2ccc(C(=O)NCc3cccnc3)cn2)cc1C(F)(F)F. The van der Waals surface area contributed by atoms with E-state index in [9.17, 15) is 22.8 Å². The van der Waals surface area contributed by atoms with Gasteiger partial charge in [-0.05, 0) is 35.9 Å². The molecule has 0 saturated carbocycles. The molecule has 160 valence electrons. The highest BCUT2D eigenvalue weighted by Gasteiger charge is 2.35. The molecule has 0 aliphatic rings. The molecule has 0 fully saturated rings. The Kier molecular flexibility index (Phi) is 6.33. The number of aromatic nitrogens is 2. The zero-order chi connectivity index (χ0) is 22.6. The van der Waals surface area contributed by atoms with Crippen LogP contribution in [0.5, 0.6) is 0 Å². The normalized spacial score (nSPS) is 11.1. The van der Waals surface area contributed by atoms with Gasteiger partial charge in [0.05, 0.1) is 22.5 Å². The second kappa shape index (κ2) is 8.95. The molecule has 3 aromatic rings. The van der Waals surface area contributed by atoms with Crippen LogP contribution in [-0.2, 0) is 17.5 Å². The second-order valence-corrected chi connectivity index (χ2v) is 6.78. The number of alkyl halides is 3. The summed E-state index contributed by atoms with van der Waals surface area (Å²) < 4.78 is 40.6. The Morgan fingerprint density at radius 2 is 1.87 bits per heavy atom. The molecule has 9 heteroatoms. The van der Waals surface area contributed by atoms with E-state index in [-0.39, 0.29) is 35.0 Å². The smallest absolute Gasteiger partial charge is 0.348 e. The molecular weight excluding hydrogens is 409 g/mol. The van der Waals surface area contributed by atoms with E-state index in [4.69, 9.17) is 0 Å². The van der Waals surface area contributed by atoms with Crippen molar-refractivity contribution in [2.75, 3.05) is 11.9 Å². The van der Waals surface area contributed by atoms with E-state index in [0.29, 0.717) is 0 Å². The van der Waals surface area contributed by atoms with Crippen LogP contribution in [0, 0.1) is 0 Å². The van der Waals surface area contributed by atoms with E-state index < -0.39 is 17.6 Å². The number of hydrogen-bond acceptors (Lipinski definition) is 4. The molecule has 1 N–H and O–H groups in total.